The summed E-state index contributed by atoms with van der Waals surface area (Å²) in [7, 11) is 0. The van der Waals surface area contributed by atoms with E-state index in [0.29, 0.717) is 5.92 Å². The fourth-order valence-electron chi connectivity index (χ4n) is 1.96. The molecule has 0 radical (unpaired) electrons. The molecule has 94 valence electrons. The van der Waals surface area contributed by atoms with Gasteiger partial charge in [-0.25, -0.2) is 0 Å². The average molecular weight is 272 g/mol. The van der Waals surface area contributed by atoms with E-state index in [1.54, 1.807) is 11.8 Å². The van der Waals surface area contributed by atoms with Crippen LogP contribution in [0.15, 0.2) is 29.2 Å². The molecular formula is C13H18ClNOS. The molecule has 0 saturated carbocycles. The molecule has 1 aromatic carbocycles. The lowest BCUT2D eigenvalue weighted by atomic mass is 9.96. The highest BCUT2D eigenvalue weighted by atomic mass is 35.5. The summed E-state index contributed by atoms with van der Waals surface area (Å²) in [6.07, 6.45) is 2.34. The summed E-state index contributed by atoms with van der Waals surface area (Å²) in [5.41, 5.74) is 6.20. The molecular weight excluding hydrogens is 254 g/mol. The van der Waals surface area contributed by atoms with Crippen LogP contribution in [0.25, 0.3) is 0 Å². The predicted molar refractivity (Wildman–Crippen MR) is 73.7 cm³/mol. The maximum Gasteiger partial charge on any atom is 0.0509 e. The molecule has 1 aromatic rings. The molecule has 4 heteroatoms. The predicted octanol–water partition coefficient (Wildman–Crippen LogP) is 3.19. The molecule has 0 amide bonds. The van der Waals surface area contributed by atoms with Crippen molar-refractivity contribution in [1.82, 2.24) is 0 Å². The molecule has 1 aliphatic rings. The van der Waals surface area contributed by atoms with Gasteiger partial charge in [-0.1, -0.05) is 11.6 Å². The molecule has 2 nitrogen and oxygen atoms in total. The van der Waals surface area contributed by atoms with Crippen molar-refractivity contribution in [2.24, 2.45) is 11.7 Å². The van der Waals surface area contributed by atoms with Crippen molar-refractivity contribution in [3.63, 3.8) is 0 Å². The molecule has 0 bridgehead atoms. The van der Waals surface area contributed by atoms with Crippen molar-refractivity contribution >= 4 is 23.4 Å². The first-order valence-corrected chi connectivity index (χ1v) is 7.34. The second-order valence-electron chi connectivity index (χ2n) is 4.41. The fraction of sp³-hybridized carbons (Fsp3) is 0.538. The van der Waals surface area contributed by atoms with Crippen LogP contribution in [0.4, 0.5) is 0 Å². The van der Waals surface area contributed by atoms with Crippen molar-refractivity contribution in [2.45, 2.75) is 23.8 Å². The van der Waals surface area contributed by atoms with Gasteiger partial charge in [0, 0.05) is 28.3 Å². The number of ether oxygens (including phenoxy) is 1. The van der Waals surface area contributed by atoms with Gasteiger partial charge in [0.15, 0.2) is 0 Å². The van der Waals surface area contributed by atoms with Crippen LogP contribution in [0.5, 0.6) is 0 Å². The maximum absolute atomic E-state index is 6.20. The summed E-state index contributed by atoms with van der Waals surface area (Å²) in [5, 5.41) is 0.777. The van der Waals surface area contributed by atoms with Crippen LogP contribution in [0.2, 0.25) is 5.02 Å². The lowest BCUT2D eigenvalue weighted by Gasteiger charge is -2.27. The third-order valence-corrected chi connectivity index (χ3v) is 4.47. The van der Waals surface area contributed by atoms with Gasteiger partial charge in [0.1, 0.15) is 0 Å². The molecule has 0 aromatic heterocycles. The third kappa shape index (κ3) is 4.18. The number of benzene rings is 1. The minimum atomic E-state index is 0.218. The van der Waals surface area contributed by atoms with Crippen LogP contribution < -0.4 is 5.73 Å². The number of hydrogen-bond acceptors (Lipinski definition) is 3. The molecule has 2 rings (SSSR count). The molecule has 17 heavy (non-hydrogen) atoms. The van der Waals surface area contributed by atoms with E-state index in [4.69, 9.17) is 22.1 Å². The Morgan fingerprint density at radius 2 is 2.18 bits per heavy atom. The Kier molecular flexibility index (Phi) is 5.16. The quantitative estimate of drug-likeness (QED) is 0.855. The zero-order chi connectivity index (χ0) is 12.1. The first-order chi connectivity index (χ1) is 8.25. The van der Waals surface area contributed by atoms with Gasteiger partial charge in [-0.2, -0.15) is 0 Å². The van der Waals surface area contributed by atoms with Crippen LogP contribution in [0.3, 0.4) is 0 Å². The maximum atomic E-state index is 6.20. The van der Waals surface area contributed by atoms with Crippen LogP contribution in [0.1, 0.15) is 12.8 Å². The van der Waals surface area contributed by atoms with Gasteiger partial charge in [-0.15, -0.1) is 11.8 Å². The Morgan fingerprint density at radius 1 is 1.41 bits per heavy atom. The van der Waals surface area contributed by atoms with Crippen LogP contribution in [-0.4, -0.2) is 25.0 Å². The van der Waals surface area contributed by atoms with Gasteiger partial charge >= 0.3 is 0 Å². The molecule has 2 atom stereocenters. The zero-order valence-electron chi connectivity index (χ0n) is 9.77. The van der Waals surface area contributed by atoms with Crippen molar-refractivity contribution in [2.75, 3.05) is 19.0 Å². The van der Waals surface area contributed by atoms with Crippen molar-refractivity contribution < 1.29 is 4.74 Å². The van der Waals surface area contributed by atoms with Crippen molar-refractivity contribution in [3.8, 4) is 0 Å². The van der Waals surface area contributed by atoms with Gasteiger partial charge in [0.05, 0.1) is 6.61 Å². The molecule has 1 aliphatic heterocycles. The van der Waals surface area contributed by atoms with E-state index in [1.807, 2.05) is 24.3 Å². The number of hydrogen-bond donors (Lipinski definition) is 1. The number of halogens is 1. The lowest BCUT2D eigenvalue weighted by Crippen LogP contribution is -2.37. The first-order valence-electron chi connectivity index (χ1n) is 5.97. The Bertz CT molecular complexity index is 338. The number of nitrogens with two attached hydrogens (primary N) is 1. The van der Waals surface area contributed by atoms with Crippen LogP contribution in [0, 0.1) is 5.92 Å². The molecule has 2 N–H and O–H groups in total. The van der Waals surface area contributed by atoms with Gasteiger partial charge in [0.2, 0.25) is 0 Å². The molecule has 1 heterocycles. The molecule has 0 spiro atoms. The Morgan fingerprint density at radius 3 is 2.82 bits per heavy atom. The standard InChI is InChI=1S/C13H18ClNOS/c14-11-3-5-12(6-4-11)17-9-13(15)10-2-1-7-16-8-10/h3-6,10,13H,1-2,7-9,15H2. The Balaban J connectivity index is 1.78. The van der Waals surface area contributed by atoms with Crippen molar-refractivity contribution in [1.29, 1.82) is 0 Å². The van der Waals surface area contributed by atoms with Gasteiger partial charge in [0.25, 0.3) is 0 Å². The monoisotopic (exact) mass is 271 g/mol. The van der Waals surface area contributed by atoms with Crippen molar-refractivity contribution in [3.05, 3.63) is 29.3 Å². The average Bonchev–Trinajstić information content (AvgIpc) is 2.39. The second kappa shape index (κ2) is 6.64. The van der Waals surface area contributed by atoms with E-state index >= 15 is 0 Å². The van der Waals surface area contributed by atoms with E-state index in [-0.39, 0.29) is 6.04 Å². The zero-order valence-corrected chi connectivity index (χ0v) is 11.3. The highest BCUT2D eigenvalue weighted by Gasteiger charge is 2.20. The third-order valence-electron chi connectivity index (χ3n) is 3.06. The van der Waals surface area contributed by atoms with Gasteiger partial charge in [-0.05, 0) is 43.0 Å². The summed E-state index contributed by atoms with van der Waals surface area (Å²) in [4.78, 5) is 1.22. The van der Waals surface area contributed by atoms with E-state index in [0.717, 1.165) is 30.4 Å². The minimum absolute atomic E-state index is 0.218. The van der Waals surface area contributed by atoms with Gasteiger partial charge in [-0.3, -0.25) is 0 Å². The molecule has 1 fully saturated rings. The van der Waals surface area contributed by atoms with E-state index in [2.05, 4.69) is 0 Å². The highest BCUT2D eigenvalue weighted by Crippen LogP contribution is 2.24. The van der Waals surface area contributed by atoms with E-state index in [1.165, 1.54) is 11.3 Å². The first kappa shape index (κ1) is 13.2. The van der Waals surface area contributed by atoms with Crippen LogP contribution in [-0.2, 0) is 4.74 Å². The fourth-order valence-corrected chi connectivity index (χ4v) is 3.07. The van der Waals surface area contributed by atoms with E-state index in [9.17, 15) is 0 Å². The SMILES string of the molecule is NC(CSc1ccc(Cl)cc1)C1CCCOC1. The Hall–Kier alpha value is -0.220. The largest absolute Gasteiger partial charge is 0.381 e. The number of thioether (sulfide) groups is 1. The van der Waals surface area contributed by atoms with Crippen LogP contribution >= 0.6 is 23.4 Å². The summed E-state index contributed by atoms with van der Waals surface area (Å²) in [6.45, 7) is 1.72. The minimum Gasteiger partial charge on any atom is -0.381 e. The normalized spacial score (nSPS) is 22.4. The molecule has 0 aliphatic carbocycles. The summed E-state index contributed by atoms with van der Waals surface area (Å²) < 4.78 is 5.46. The lowest BCUT2D eigenvalue weighted by molar-refractivity contribution is 0.0478. The molecule has 2 unspecified atom stereocenters. The smallest absolute Gasteiger partial charge is 0.0509 e. The summed E-state index contributed by atoms with van der Waals surface area (Å²) in [6, 6.07) is 8.13. The summed E-state index contributed by atoms with van der Waals surface area (Å²) >= 11 is 7.64. The Labute approximate surface area is 112 Å². The number of rotatable bonds is 4. The topological polar surface area (TPSA) is 35.2 Å². The highest BCUT2D eigenvalue weighted by molar-refractivity contribution is 7.99. The van der Waals surface area contributed by atoms with E-state index < -0.39 is 0 Å². The molecule has 1 saturated heterocycles. The second-order valence-corrected chi connectivity index (χ2v) is 5.94. The summed E-state index contributed by atoms with van der Waals surface area (Å²) in [5.74, 6) is 1.46. The van der Waals surface area contributed by atoms with Gasteiger partial charge < -0.3 is 10.5 Å².